The predicted molar refractivity (Wildman–Crippen MR) is 101 cm³/mol. The lowest BCUT2D eigenvalue weighted by atomic mass is 10.1. The summed E-state index contributed by atoms with van der Waals surface area (Å²) in [5, 5.41) is 6.84. The van der Waals surface area contributed by atoms with Crippen LogP contribution in [0.5, 0.6) is 5.75 Å². The highest BCUT2D eigenvalue weighted by atomic mass is 35.5. The predicted octanol–water partition coefficient (Wildman–Crippen LogP) is 5.08. The minimum absolute atomic E-state index is 0.0130. The van der Waals surface area contributed by atoms with E-state index in [-0.39, 0.29) is 15.8 Å². The van der Waals surface area contributed by atoms with Gasteiger partial charge in [0.1, 0.15) is 5.75 Å². The molecule has 0 aliphatic rings. The van der Waals surface area contributed by atoms with Crippen molar-refractivity contribution in [3.8, 4) is 5.75 Å². The fourth-order valence-electron chi connectivity index (χ4n) is 1.98. The van der Waals surface area contributed by atoms with Crippen molar-refractivity contribution in [3.05, 3.63) is 58.6 Å². The molecule has 2 aromatic rings. The number of anilines is 1. The summed E-state index contributed by atoms with van der Waals surface area (Å²) in [6.07, 6.45) is -4.47. The number of benzene rings is 2. The highest BCUT2D eigenvalue weighted by Gasteiger charge is 2.31. The molecular weight excluding hydrogens is 387 g/mol. The van der Waals surface area contributed by atoms with Crippen LogP contribution in [0.15, 0.2) is 47.6 Å². The monoisotopic (exact) mass is 401 g/mol. The van der Waals surface area contributed by atoms with E-state index in [1.807, 2.05) is 12.1 Å². The van der Waals surface area contributed by atoms with E-state index in [0.29, 0.717) is 11.5 Å². The molecule has 9 heteroatoms. The standard InChI is InChI=1S/C17H15ClF3N3OS/c1-10(11-3-6-13(25-2)7-4-11)23-24-16(26)22-15-9-12(17(19,20)21)5-8-14(15)18/h3-9H,1-2H3,(H2,22,24,26)/b23-10+. The third-order valence-corrected chi connectivity index (χ3v) is 3.90. The topological polar surface area (TPSA) is 45.6 Å². The Morgan fingerprint density at radius 3 is 2.38 bits per heavy atom. The Morgan fingerprint density at radius 2 is 1.81 bits per heavy atom. The first-order chi connectivity index (χ1) is 12.2. The van der Waals surface area contributed by atoms with Crippen molar-refractivity contribution in [2.24, 2.45) is 5.10 Å². The molecule has 0 aliphatic carbocycles. The summed E-state index contributed by atoms with van der Waals surface area (Å²) < 4.78 is 43.4. The van der Waals surface area contributed by atoms with Crippen LogP contribution in [0.2, 0.25) is 5.02 Å². The molecule has 0 aliphatic heterocycles. The van der Waals surface area contributed by atoms with Crippen LogP contribution in [-0.2, 0) is 6.18 Å². The number of ether oxygens (including phenoxy) is 1. The average molecular weight is 402 g/mol. The second-order valence-electron chi connectivity index (χ2n) is 5.18. The van der Waals surface area contributed by atoms with Crippen LogP contribution in [0.1, 0.15) is 18.1 Å². The van der Waals surface area contributed by atoms with Gasteiger partial charge in [-0.05, 0) is 67.2 Å². The van der Waals surface area contributed by atoms with Gasteiger partial charge in [0.2, 0.25) is 0 Å². The van der Waals surface area contributed by atoms with Gasteiger partial charge in [-0.2, -0.15) is 18.3 Å². The lowest BCUT2D eigenvalue weighted by molar-refractivity contribution is -0.137. The van der Waals surface area contributed by atoms with Crippen molar-refractivity contribution in [2.75, 3.05) is 12.4 Å². The molecule has 0 heterocycles. The third kappa shape index (κ3) is 5.34. The molecule has 0 atom stereocenters. The lowest BCUT2D eigenvalue weighted by Gasteiger charge is -2.13. The van der Waals surface area contributed by atoms with Gasteiger partial charge in [-0.15, -0.1) is 0 Å². The number of hydrazone groups is 1. The van der Waals surface area contributed by atoms with Crippen LogP contribution < -0.4 is 15.5 Å². The van der Waals surface area contributed by atoms with Crippen LogP contribution in [0.3, 0.4) is 0 Å². The van der Waals surface area contributed by atoms with Gasteiger partial charge in [0.15, 0.2) is 5.11 Å². The van der Waals surface area contributed by atoms with Gasteiger partial charge in [0.05, 0.1) is 29.1 Å². The summed E-state index contributed by atoms with van der Waals surface area (Å²) in [6, 6.07) is 10.1. The molecule has 0 unspecified atom stereocenters. The molecule has 4 nitrogen and oxygen atoms in total. The number of nitrogens with one attached hydrogen (secondary N) is 2. The van der Waals surface area contributed by atoms with Crippen LogP contribution in [0, 0.1) is 0 Å². The van der Waals surface area contributed by atoms with Gasteiger partial charge < -0.3 is 10.1 Å². The first kappa shape index (κ1) is 20.0. The number of thiocarbonyl (C=S) groups is 1. The van der Waals surface area contributed by atoms with Crippen molar-refractivity contribution >= 4 is 40.3 Å². The van der Waals surface area contributed by atoms with Crippen molar-refractivity contribution in [1.29, 1.82) is 0 Å². The van der Waals surface area contributed by atoms with Crippen LogP contribution in [-0.4, -0.2) is 17.9 Å². The van der Waals surface area contributed by atoms with Crippen molar-refractivity contribution < 1.29 is 17.9 Å². The fourth-order valence-corrected chi connectivity index (χ4v) is 2.30. The van der Waals surface area contributed by atoms with E-state index in [2.05, 4.69) is 15.8 Å². The first-order valence-corrected chi connectivity index (χ1v) is 8.12. The second-order valence-corrected chi connectivity index (χ2v) is 6.00. The number of rotatable bonds is 4. The van der Waals surface area contributed by atoms with Crippen molar-refractivity contribution in [1.82, 2.24) is 5.43 Å². The van der Waals surface area contributed by atoms with Gasteiger partial charge in [0.25, 0.3) is 0 Å². The minimum atomic E-state index is -4.47. The molecule has 138 valence electrons. The zero-order valence-electron chi connectivity index (χ0n) is 13.8. The zero-order chi connectivity index (χ0) is 19.3. The smallest absolute Gasteiger partial charge is 0.416 e. The van der Waals surface area contributed by atoms with E-state index in [4.69, 9.17) is 28.6 Å². The highest BCUT2D eigenvalue weighted by Crippen LogP contribution is 2.33. The van der Waals surface area contributed by atoms with Crippen LogP contribution >= 0.6 is 23.8 Å². The summed E-state index contributed by atoms with van der Waals surface area (Å²) in [5.74, 6) is 0.714. The lowest BCUT2D eigenvalue weighted by Crippen LogP contribution is -2.25. The number of hydrogen-bond acceptors (Lipinski definition) is 3. The number of hydrogen-bond donors (Lipinski definition) is 2. The summed E-state index contributed by atoms with van der Waals surface area (Å²) in [4.78, 5) is 0. The Balaban J connectivity index is 2.06. The van der Waals surface area contributed by atoms with E-state index in [1.54, 1.807) is 26.2 Å². The molecule has 0 spiro atoms. The Hall–Kier alpha value is -2.32. The highest BCUT2D eigenvalue weighted by molar-refractivity contribution is 7.80. The molecule has 2 aromatic carbocycles. The molecule has 0 radical (unpaired) electrons. The number of alkyl halides is 3. The van der Waals surface area contributed by atoms with E-state index < -0.39 is 11.7 Å². The Labute approximate surface area is 159 Å². The summed E-state index contributed by atoms with van der Waals surface area (Å²) in [6.45, 7) is 1.76. The molecule has 0 bridgehead atoms. The molecule has 26 heavy (non-hydrogen) atoms. The largest absolute Gasteiger partial charge is 0.497 e. The molecule has 0 saturated heterocycles. The minimum Gasteiger partial charge on any atom is -0.497 e. The Kier molecular flexibility index (Phi) is 6.44. The van der Waals surface area contributed by atoms with Crippen molar-refractivity contribution in [3.63, 3.8) is 0 Å². The van der Waals surface area contributed by atoms with Crippen molar-refractivity contribution in [2.45, 2.75) is 13.1 Å². The Bertz CT molecular complexity index is 823. The summed E-state index contributed by atoms with van der Waals surface area (Å²) in [5.41, 5.74) is 3.25. The number of halogens is 4. The van der Waals surface area contributed by atoms with E-state index in [0.717, 1.165) is 23.8 Å². The molecular formula is C17H15ClF3N3OS. The van der Waals surface area contributed by atoms with Gasteiger partial charge in [-0.3, -0.25) is 5.43 Å². The Morgan fingerprint density at radius 1 is 1.15 bits per heavy atom. The second kappa shape index (κ2) is 8.37. The number of methoxy groups -OCH3 is 1. The fraction of sp³-hybridized carbons (Fsp3) is 0.176. The molecule has 0 amide bonds. The number of nitrogens with zero attached hydrogens (tertiary/aromatic N) is 1. The maximum absolute atomic E-state index is 12.8. The molecule has 0 fully saturated rings. The van der Waals surface area contributed by atoms with E-state index in [1.165, 1.54) is 0 Å². The maximum Gasteiger partial charge on any atom is 0.416 e. The quantitative estimate of drug-likeness (QED) is 0.426. The van der Waals surface area contributed by atoms with Gasteiger partial charge in [-0.1, -0.05) is 11.6 Å². The normalized spacial score (nSPS) is 11.8. The zero-order valence-corrected chi connectivity index (χ0v) is 15.4. The molecule has 0 saturated carbocycles. The van der Waals surface area contributed by atoms with E-state index in [9.17, 15) is 13.2 Å². The summed E-state index contributed by atoms with van der Waals surface area (Å²) >= 11 is 11.0. The van der Waals surface area contributed by atoms with Crippen LogP contribution in [0.25, 0.3) is 0 Å². The SMILES string of the molecule is COc1ccc(/C(C)=N/NC(=S)Nc2cc(C(F)(F)F)ccc2Cl)cc1. The maximum atomic E-state index is 12.8. The van der Waals surface area contributed by atoms with Crippen LogP contribution in [0.4, 0.5) is 18.9 Å². The molecule has 2 rings (SSSR count). The molecule has 2 N–H and O–H groups in total. The van der Waals surface area contributed by atoms with Gasteiger partial charge in [0, 0.05) is 0 Å². The molecule has 0 aromatic heterocycles. The van der Waals surface area contributed by atoms with Gasteiger partial charge in [-0.25, -0.2) is 0 Å². The first-order valence-electron chi connectivity index (χ1n) is 7.33. The third-order valence-electron chi connectivity index (χ3n) is 3.37. The average Bonchev–Trinajstić information content (AvgIpc) is 2.60. The summed E-state index contributed by atoms with van der Waals surface area (Å²) in [7, 11) is 1.57. The van der Waals surface area contributed by atoms with Gasteiger partial charge >= 0.3 is 6.18 Å². The van der Waals surface area contributed by atoms with E-state index >= 15 is 0 Å².